The maximum atomic E-state index is 13.0. The predicted octanol–water partition coefficient (Wildman–Crippen LogP) is 0.286. The lowest BCUT2D eigenvalue weighted by Gasteiger charge is -2.49. The molecule has 2 aliphatic heterocycles. The van der Waals surface area contributed by atoms with E-state index in [1.807, 2.05) is 0 Å². The maximum Gasteiger partial charge on any atom is 0.352 e. The van der Waals surface area contributed by atoms with Gasteiger partial charge in [0.05, 0.1) is 11.9 Å². The average Bonchev–Trinajstić information content (AvgIpc) is 3.43. The number of fused-ring (bicyclic) bond motifs is 2. The van der Waals surface area contributed by atoms with Gasteiger partial charge in [-0.15, -0.1) is 23.1 Å². The lowest BCUT2D eigenvalue weighted by atomic mass is 10.0. The Balaban J connectivity index is 1.38. The van der Waals surface area contributed by atoms with Gasteiger partial charge in [-0.1, -0.05) is 5.16 Å². The summed E-state index contributed by atoms with van der Waals surface area (Å²) in [6.07, 6.45) is 1.57. The van der Waals surface area contributed by atoms with E-state index in [1.165, 1.54) is 28.2 Å². The topological polar surface area (TPSA) is 182 Å². The molecule has 5 rings (SSSR count). The highest BCUT2D eigenvalue weighted by Crippen LogP contribution is 2.41. The third kappa shape index (κ3) is 4.02. The summed E-state index contributed by atoms with van der Waals surface area (Å²) >= 11 is 3.53. The van der Waals surface area contributed by atoms with Crippen molar-refractivity contribution in [3.63, 3.8) is 0 Å². The van der Waals surface area contributed by atoms with Crippen molar-refractivity contribution < 1.29 is 24.3 Å². The standard InChI is InChI=1S/C20H17N7O6S3/c1-33-25-11(10-7-35-20(21)23-10)14(28)24-12-17(30)27-13(19(31)32)8(6-34-18(12)27)5-26-16(29)9-3-2-4-22-15(9)36-26/h2-4,7,12,18H,5-6H2,1H3,(H2,21,23)(H,24,28)(H,31,32)/b25-11-/t12-,18-/m1/s1. The molecule has 1 fully saturated rings. The number of β-lactam (4-membered cyclic amide) rings is 1. The molecule has 2 amide bonds. The molecule has 0 bridgehead atoms. The van der Waals surface area contributed by atoms with E-state index in [0.29, 0.717) is 15.8 Å². The van der Waals surface area contributed by atoms with Crippen LogP contribution in [0.4, 0.5) is 5.13 Å². The lowest BCUT2D eigenvalue weighted by molar-refractivity contribution is -0.150. The van der Waals surface area contributed by atoms with Crippen LogP contribution in [0.2, 0.25) is 0 Å². The summed E-state index contributed by atoms with van der Waals surface area (Å²) in [5.41, 5.74) is 5.61. The van der Waals surface area contributed by atoms with Gasteiger partial charge in [0.1, 0.15) is 34.7 Å². The summed E-state index contributed by atoms with van der Waals surface area (Å²) in [4.78, 5) is 65.3. The summed E-state index contributed by atoms with van der Waals surface area (Å²) < 4.78 is 1.42. The molecule has 4 N–H and O–H groups in total. The Hall–Kier alpha value is -3.76. The summed E-state index contributed by atoms with van der Waals surface area (Å²) in [7, 11) is 1.26. The fourth-order valence-electron chi connectivity index (χ4n) is 3.89. The monoisotopic (exact) mass is 547 g/mol. The summed E-state index contributed by atoms with van der Waals surface area (Å²) in [6, 6.07) is 2.33. The number of carbonyl (C=O) groups excluding carboxylic acids is 2. The molecule has 186 valence electrons. The average molecular weight is 548 g/mol. The summed E-state index contributed by atoms with van der Waals surface area (Å²) in [5.74, 6) is -2.34. The number of thioether (sulfide) groups is 1. The normalized spacial score (nSPS) is 19.8. The zero-order chi connectivity index (χ0) is 25.6. The van der Waals surface area contributed by atoms with Gasteiger partial charge >= 0.3 is 5.97 Å². The molecule has 0 spiro atoms. The Morgan fingerprint density at radius 1 is 1.39 bits per heavy atom. The number of nitrogens with zero attached hydrogens (tertiary/aromatic N) is 5. The third-order valence-corrected chi connectivity index (χ3v) is 8.48. The van der Waals surface area contributed by atoms with Crippen molar-refractivity contribution in [2.24, 2.45) is 5.16 Å². The quantitative estimate of drug-likeness (QED) is 0.211. The number of carboxylic acid groups (broad SMARTS) is 1. The molecule has 0 saturated carbocycles. The third-order valence-electron chi connectivity index (χ3n) is 5.46. The number of nitrogens with two attached hydrogens (primary N) is 1. The van der Waals surface area contributed by atoms with Crippen molar-refractivity contribution in [1.82, 2.24) is 24.1 Å². The molecule has 0 aromatic carbocycles. The molecular weight excluding hydrogens is 530 g/mol. The largest absolute Gasteiger partial charge is 0.477 e. The number of anilines is 1. The number of nitrogen functional groups attached to an aromatic ring is 1. The Kier molecular flexibility index (Phi) is 6.23. The van der Waals surface area contributed by atoms with Gasteiger partial charge in [-0.3, -0.25) is 23.2 Å². The number of hydrogen-bond acceptors (Lipinski definition) is 12. The smallest absolute Gasteiger partial charge is 0.352 e. The summed E-state index contributed by atoms with van der Waals surface area (Å²) in [5, 5.41) is 17.8. The molecule has 36 heavy (non-hydrogen) atoms. The molecule has 3 aromatic heterocycles. The minimum absolute atomic E-state index is 0.0118. The van der Waals surface area contributed by atoms with Gasteiger partial charge < -0.3 is 21.0 Å². The van der Waals surface area contributed by atoms with E-state index in [0.717, 1.165) is 27.8 Å². The van der Waals surface area contributed by atoms with E-state index in [2.05, 4.69) is 20.4 Å². The highest BCUT2D eigenvalue weighted by molar-refractivity contribution is 8.00. The van der Waals surface area contributed by atoms with Crippen molar-refractivity contribution in [3.05, 3.63) is 51.0 Å². The number of carbonyl (C=O) groups is 3. The van der Waals surface area contributed by atoms with Crippen molar-refractivity contribution >= 4 is 73.5 Å². The maximum absolute atomic E-state index is 13.0. The predicted molar refractivity (Wildman–Crippen MR) is 134 cm³/mol. The Morgan fingerprint density at radius 3 is 2.86 bits per heavy atom. The van der Waals surface area contributed by atoms with Crippen LogP contribution in [0.3, 0.4) is 0 Å². The van der Waals surface area contributed by atoms with Gasteiger partial charge in [-0.05, 0) is 29.2 Å². The van der Waals surface area contributed by atoms with Crippen LogP contribution in [0.25, 0.3) is 10.2 Å². The Morgan fingerprint density at radius 2 is 2.19 bits per heavy atom. The molecule has 1 saturated heterocycles. The molecule has 0 unspecified atom stereocenters. The minimum atomic E-state index is -1.29. The lowest BCUT2D eigenvalue weighted by Crippen LogP contribution is -2.71. The van der Waals surface area contributed by atoms with Crippen molar-refractivity contribution in [1.29, 1.82) is 0 Å². The number of carboxylic acids is 1. The zero-order valence-corrected chi connectivity index (χ0v) is 20.9. The van der Waals surface area contributed by atoms with Crippen LogP contribution >= 0.6 is 34.6 Å². The second-order valence-corrected chi connectivity index (χ2v) is 10.6. The van der Waals surface area contributed by atoms with E-state index in [1.54, 1.807) is 18.3 Å². The number of pyridine rings is 1. The molecule has 3 aromatic rings. The first-order chi connectivity index (χ1) is 17.3. The van der Waals surface area contributed by atoms with Crippen LogP contribution < -0.4 is 16.6 Å². The van der Waals surface area contributed by atoms with E-state index in [-0.39, 0.29) is 40.1 Å². The summed E-state index contributed by atoms with van der Waals surface area (Å²) in [6.45, 7) is 0.0118. The first kappa shape index (κ1) is 24.0. The van der Waals surface area contributed by atoms with Crippen LogP contribution in [-0.2, 0) is 25.8 Å². The van der Waals surface area contributed by atoms with Gasteiger partial charge in [0, 0.05) is 17.3 Å². The van der Waals surface area contributed by atoms with E-state index in [9.17, 15) is 24.3 Å². The molecule has 0 radical (unpaired) electrons. The molecule has 16 heteroatoms. The van der Waals surface area contributed by atoms with Gasteiger partial charge in [0.2, 0.25) is 0 Å². The first-order valence-electron chi connectivity index (χ1n) is 10.3. The van der Waals surface area contributed by atoms with Gasteiger partial charge in [-0.25, -0.2) is 14.8 Å². The number of rotatable bonds is 7. The van der Waals surface area contributed by atoms with Crippen molar-refractivity contribution in [2.75, 3.05) is 18.6 Å². The number of aliphatic carboxylic acids is 1. The van der Waals surface area contributed by atoms with Crippen molar-refractivity contribution in [2.45, 2.75) is 18.0 Å². The molecular formula is C20H17N7O6S3. The van der Waals surface area contributed by atoms with E-state index >= 15 is 0 Å². The number of amides is 2. The van der Waals surface area contributed by atoms with Gasteiger partial charge in [-0.2, -0.15) is 0 Å². The number of hydrogen-bond donors (Lipinski definition) is 3. The SMILES string of the molecule is CO/N=C(\C(=O)N[C@@H]1C(=O)N2C(C(=O)O)=C(Cn3sc4ncccc4c3=O)CS[C@H]12)c1csc(N)n1. The van der Waals surface area contributed by atoms with Crippen LogP contribution in [0.1, 0.15) is 5.69 Å². The Labute approximate surface area is 214 Å². The van der Waals surface area contributed by atoms with Crippen molar-refractivity contribution in [3.8, 4) is 0 Å². The number of oxime groups is 1. The fourth-order valence-corrected chi connectivity index (χ4v) is 6.75. The van der Waals surface area contributed by atoms with E-state index < -0.39 is 29.2 Å². The number of aromatic nitrogens is 3. The minimum Gasteiger partial charge on any atom is -0.477 e. The first-order valence-corrected chi connectivity index (χ1v) is 13.0. The highest BCUT2D eigenvalue weighted by atomic mass is 32.2. The van der Waals surface area contributed by atoms with E-state index in [4.69, 9.17) is 10.6 Å². The molecule has 2 atom stereocenters. The zero-order valence-electron chi connectivity index (χ0n) is 18.4. The van der Waals surface area contributed by atoms with Crippen LogP contribution in [0.5, 0.6) is 0 Å². The van der Waals surface area contributed by atoms with Crippen LogP contribution in [0.15, 0.2) is 44.9 Å². The number of nitrogens with one attached hydrogen (secondary N) is 1. The Bertz CT molecular complexity index is 1520. The second-order valence-electron chi connectivity index (χ2n) is 7.60. The van der Waals surface area contributed by atoms with Gasteiger partial charge in [0.15, 0.2) is 10.8 Å². The molecule has 0 aliphatic carbocycles. The van der Waals surface area contributed by atoms with Gasteiger partial charge in [0.25, 0.3) is 17.4 Å². The molecule has 2 aliphatic rings. The van der Waals surface area contributed by atoms with Crippen LogP contribution in [0, 0.1) is 0 Å². The molecule has 5 heterocycles. The number of thiazole rings is 1. The molecule has 13 nitrogen and oxygen atoms in total. The second kappa shape index (κ2) is 9.36. The fraction of sp³-hybridized carbons (Fsp3) is 0.250. The highest BCUT2D eigenvalue weighted by Gasteiger charge is 2.54. The van der Waals surface area contributed by atoms with Crippen LogP contribution in [-0.4, -0.2) is 71.7 Å².